The summed E-state index contributed by atoms with van der Waals surface area (Å²) in [7, 11) is 0. The lowest BCUT2D eigenvalue weighted by molar-refractivity contribution is -0.140. The van der Waals surface area contributed by atoms with Gasteiger partial charge in [-0.1, -0.05) is 0 Å². The second kappa shape index (κ2) is 6.03. The molecule has 0 saturated heterocycles. The van der Waals surface area contributed by atoms with Crippen molar-refractivity contribution < 1.29 is 24.6 Å². The molecule has 1 amide bonds. The average molecular weight is 268 g/mol. The third-order valence-electron chi connectivity index (χ3n) is 2.49. The van der Waals surface area contributed by atoms with E-state index >= 15 is 0 Å². The summed E-state index contributed by atoms with van der Waals surface area (Å²) in [6.45, 7) is 2.45. The molecular formula is C12H16N2O5. The highest BCUT2D eigenvalue weighted by atomic mass is 16.4. The zero-order valence-electron chi connectivity index (χ0n) is 10.7. The molecule has 7 nitrogen and oxygen atoms in total. The van der Waals surface area contributed by atoms with Crippen LogP contribution in [0.1, 0.15) is 30.4 Å². The van der Waals surface area contributed by atoms with E-state index in [0.29, 0.717) is 0 Å². The third kappa shape index (κ3) is 3.84. The molecular weight excluding hydrogens is 252 g/mol. The fourth-order valence-electron chi connectivity index (χ4n) is 1.71. The molecule has 1 aromatic rings. The minimum Gasteiger partial charge on any atom is -0.480 e. The van der Waals surface area contributed by atoms with E-state index in [0.717, 1.165) is 4.90 Å². The molecule has 0 saturated carbocycles. The summed E-state index contributed by atoms with van der Waals surface area (Å²) >= 11 is 0. The molecule has 0 aliphatic rings. The van der Waals surface area contributed by atoms with Gasteiger partial charge < -0.3 is 19.7 Å². The number of nitrogens with zero attached hydrogens (tertiary/aromatic N) is 2. The van der Waals surface area contributed by atoms with Crippen LogP contribution in [0.4, 0.5) is 0 Å². The maximum absolute atomic E-state index is 12.2. The Morgan fingerprint density at radius 3 is 2.16 bits per heavy atom. The van der Waals surface area contributed by atoms with Gasteiger partial charge in [-0.3, -0.25) is 14.4 Å². The predicted molar refractivity (Wildman–Crippen MR) is 66.0 cm³/mol. The lowest BCUT2D eigenvalue weighted by atomic mass is 10.3. The van der Waals surface area contributed by atoms with Crippen LogP contribution < -0.4 is 0 Å². The van der Waals surface area contributed by atoms with Crippen LogP contribution in [-0.2, 0) is 9.59 Å². The molecule has 0 spiro atoms. The van der Waals surface area contributed by atoms with E-state index in [1.165, 1.54) is 0 Å². The van der Waals surface area contributed by atoms with Gasteiger partial charge in [-0.15, -0.1) is 0 Å². The highest BCUT2D eigenvalue weighted by Crippen LogP contribution is 2.13. The van der Waals surface area contributed by atoms with Gasteiger partial charge in [0.25, 0.3) is 5.91 Å². The Morgan fingerprint density at radius 2 is 1.74 bits per heavy atom. The van der Waals surface area contributed by atoms with Crippen LogP contribution in [0.15, 0.2) is 18.3 Å². The number of hydrogen-bond acceptors (Lipinski definition) is 3. The van der Waals surface area contributed by atoms with E-state index in [4.69, 9.17) is 10.2 Å². The van der Waals surface area contributed by atoms with Crippen molar-refractivity contribution in [2.75, 3.05) is 13.1 Å². The number of rotatable bonds is 6. The molecule has 1 heterocycles. The van der Waals surface area contributed by atoms with Crippen LogP contribution in [-0.4, -0.2) is 50.6 Å². The largest absolute Gasteiger partial charge is 0.480 e. The van der Waals surface area contributed by atoms with Crippen LogP contribution in [0.5, 0.6) is 0 Å². The first-order chi connectivity index (χ1) is 8.82. The zero-order chi connectivity index (χ0) is 14.6. The summed E-state index contributed by atoms with van der Waals surface area (Å²) < 4.78 is 1.67. The summed E-state index contributed by atoms with van der Waals surface area (Å²) in [4.78, 5) is 34.4. The van der Waals surface area contributed by atoms with Gasteiger partial charge in [0, 0.05) is 12.2 Å². The molecule has 7 heteroatoms. The zero-order valence-corrected chi connectivity index (χ0v) is 10.7. The van der Waals surface area contributed by atoms with Gasteiger partial charge in [-0.2, -0.15) is 0 Å². The molecule has 0 unspecified atom stereocenters. The Hall–Kier alpha value is -2.31. The van der Waals surface area contributed by atoms with Crippen LogP contribution in [0, 0.1) is 0 Å². The Kier molecular flexibility index (Phi) is 4.68. The van der Waals surface area contributed by atoms with Gasteiger partial charge in [0.1, 0.15) is 18.8 Å². The molecule has 0 fully saturated rings. The Balaban J connectivity index is 3.01. The standard InChI is InChI=1S/C12H16N2O5/c1-8(2)14-5-3-4-9(14)12(19)13(6-10(15)16)7-11(17)18/h3-5,8H,6-7H2,1-2H3,(H,15,16)(H,17,18). The van der Waals surface area contributed by atoms with Gasteiger partial charge >= 0.3 is 11.9 Å². The number of carboxylic acid groups (broad SMARTS) is 2. The fourth-order valence-corrected chi connectivity index (χ4v) is 1.71. The summed E-state index contributed by atoms with van der Waals surface area (Å²) in [6, 6.07) is 3.22. The number of hydrogen-bond donors (Lipinski definition) is 2. The van der Waals surface area contributed by atoms with Crippen molar-refractivity contribution in [2.24, 2.45) is 0 Å². The van der Waals surface area contributed by atoms with Crippen molar-refractivity contribution in [1.82, 2.24) is 9.47 Å². The van der Waals surface area contributed by atoms with Gasteiger partial charge in [0.15, 0.2) is 0 Å². The van der Waals surface area contributed by atoms with Crippen LogP contribution in [0.3, 0.4) is 0 Å². The average Bonchev–Trinajstić information content (AvgIpc) is 2.74. The monoisotopic (exact) mass is 268 g/mol. The molecule has 19 heavy (non-hydrogen) atoms. The predicted octanol–water partition coefficient (Wildman–Crippen LogP) is 0.680. The van der Waals surface area contributed by atoms with Crippen molar-refractivity contribution >= 4 is 17.8 Å². The van der Waals surface area contributed by atoms with E-state index < -0.39 is 30.9 Å². The number of carbonyl (C=O) groups excluding carboxylic acids is 1. The smallest absolute Gasteiger partial charge is 0.323 e. The summed E-state index contributed by atoms with van der Waals surface area (Å²) in [5.74, 6) is -3.11. The molecule has 2 N–H and O–H groups in total. The minimum absolute atomic E-state index is 0.0189. The third-order valence-corrected chi connectivity index (χ3v) is 2.49. The normalized spacial score (nSPS) is 10.5. The second-order valence-electron chi connectivity index (χ2n) is 4.34. The van der Waals surface area contributed by atoms with Crippen molar-refractivity contribution in [3.05, 3.63) is 24.0 Å². The van der Waals surface area contributed by atoms with Crippen molar-refractivity contribution in [2.45, 2.75) is 19.9 Å². The molecule has 0 aliphatic carbocycles. The van der Waals surface area contributed by atoms with Gasteiger partial charge in [-0.25, -0.2) is 0 Å². The number of carboxylic acids is 2. The van der Waals surface area contributed by atoms with E-state index in [-0.39, 0.29) is 11.7 Å². The van der Waals surface area contributed by atoms with E-state index in [1.54, 1.807) is 22.9 Å². The second-order valence-corrected chi connectivity index (χ2v) is 4.34. The van der Waals surface area contributed by atoms with E-state index in [2.05, 4.69) is 0 Å². The lowest BCUT2D eigenvalue weighted by Gasteiger charge is -2.20. The topological polar surface area (TPSA) is 99.8 Å². The van der Waals surface area contributed by atoms with Crippen molar-refractivity contribution in [3.63, 3.8) is 0 Å². The molecule has 104 valence electrons. The first-order valence-electron chi connectivity index (χ1n) is 5.72. The van der Waals surface area contributed by atoms with E-state index in [9.17, 15) is 14.4 Å². The van der Waals surface area contributed by atoms with Crippen LogP contribution in [0.2, 0.25) is 0 Å². The Morgan fingerprint density at radius 1 is 1.21 bits per heavy atom. The molecule has 0 aliphatic heterocycles. The van der Waals surface area contributed by atoms with Gasteiger partial charge in [0.2, 0.25) is 0 Å². The molecule has 1 aromatic heterocycles. The number of amides is 1. The van der Waals surface area contributed by atoms with Crippen molar-refractivity contribution in [3.8, 4) is 0 Å². The highest BCUT2D eigenvalue weighted by Gasteiger charge is 2.23. The Bertz CT molecular complexity index is 476. The van der Waals surface area contributed by atoms with Crippen LogP contribution >= 0.6 is 0 Å². The summed E-state index contributed by atoms with van der Waals surface area (Å²) in [6.07, 6.45) is 1.69. The van der Waals surface area contributed by atoms with Crippen molar-refractivity contribution in [1.29, 1.82) is 0 Å². The Labute approximate surface area is 110 Å². The quantitative estimate of drug-likeness (QED) is 0.790. The highest BCUT2D eigenvalue weighted by molar-refractivity contribution is 5.96. The molecule has 0 bridgehead atoms. The molecule has 0 atom stereocenters. The molecule has 1 rings (SSSR count). The maximum Gasteiger partial charge on any atom is 0.323 e. The number of aromatic nitrogens is 1. The summed E-state index contributed by atoms with van der Waals surface area (Å²) in [5, 5.41) is 17.5. The van der Waals surface area contributed by atoms with Crippen LogP contribution in [0.25, 0.3) is 0 Å². The fraction of sp³-hybridized carbons (Fsp3) is 0.417. The lowest BCUT2D eigenvalue weighted by Crippen LogP contribution is -2.40. The number of aliphatic carboxylic acids is 2. The maximum atomic E-state index is 12.2. The molecule has 0 radical (unpaired) electrons. The van der Waals surface area contributed by atoms with Gasteiger partial charge in [-0.05, 0) is 26.0 Å². The SMILES string of the molecule is CC(C)n1cccc1C(=O)N(CC(=O)O)CC(=O)O. The van der Waals surface area contributed by atoms with E-state index in [1.807, 2.05) is 13.8 Å². The molecule has 0 aromatic carbocycles. The summed E-state index contributed by atoms with van der Waals surface area (Å²) in [5.41, 5.74) is 0.275. The minimum atomic E-state index is -1.25. The number of carbonyl (C=O) groups is 3. The first-order valence-corrected chi connectivity index (χ1v) is 5.72. The van der Waals surface area contributed by atoms with Gasteiger partial charge in [0.05, 0.1) is 0 Å². The first kappa shape index (κ1) is 14.7.